The number of anilines is 2. The standard InChI is InChI=1S/C22H27N2.HI/c1-23(20-5-3-2-4-6-20)21-7-9-24(10-8-21)22-14-17-11-18(15-22)13-19(12-17)16-22;/h2-10,17-19H,11-16H2,1H3;1H/q+1;/p-1. The lowest BCUT2D eigenvalue weighted by atomic mass is 9.53. The number of para-hydroxylation sites is 1. The van der Waals surface area contributed by atoms with Crippen molar-refractivity contribution >= 4 is 11.4 Å². The van der Waals surface area contributed by atoms with Gasteiger partial charge in [0.15, 0.2) is 17.9 Å². The van der Waals surface area contributed by atoms with Gasteiger partial charge in [-0.3, -0.25) is 0 Å². The molecule has 4 fully saturated rings. The Kier molecular flexibility index (Phi) is 4.55. The monoisotopic (exact) mass is 446 g/mol. The van der Waals surface area contributed by atoms with Crippen molar-refractivity contribution in [3.05, 3.63) is 54.9 Å². The molecule has 0 amide bonds. The SMILES string of the molecule is CN(c1ccccc1)c1cc[n+](C23CC4CC(CC(C4)C2)C3)cc1.[I-]. The topological polar surface area (TPSA) is 7.12 Å². The Hall–Kier alpha value is -1.10. The first kappa shape index (κ1) is 17.3. The van der Waals surface area contributed by atoms with Crippen molar-refractivity contribution in [3.8, 4) is 0 Å². The number of rotatable bonds is 3. The van der Waals surface area contributed by atoms with Gasteiger partial charge in [0, 0.05) is 44.1 Å². The second-order valence-electron chi connectivity index (χ2n) is 8.50. The summed E-state index contributed by atoms with van der Waals surface area (Å²) in [6.45, 7) is 0. The normalized spacial score (nSPS) is 32.3. The Balaban J connectivity index is 0.00000157. The van der Waals surface area contributed by atoms with Gasteiger partial charge in [-0.25, -0.2) is 0 Å². The van der Waals surface area contributed by atoms with Gasteiger partial charge in [-0.05, 0) is 49.1 Å². The van der Waals surface area contributed by atoms with E-state index in [0.717, 1.165) is 17.8 Å². The number of nitrogens with zero attached hydrogens (tertiary/aromatic N) is 2. The Morgan fingerprint density at radius 3 is 1.80 bits per heavy atom. The van der Waals surface area contributed by atoms with E-state index in [1.54, 1.807) is 0 Å². The van der Waals surface area contributed by atoms with Gasteiger partial charge in [-0.2, -0.15) is 4.57 Å². The molecule has 1 aromatic heterocycles. The highest BCUT2D eigenvalue weighted by atomic mass is 127. The van der Waals surface area contributed by atoms with Crippen LogP contribution in [0.3, 0.4) is 0 Å². The maximum atomic E-state index is 2.57. The van der Waals surface area contributed by atoms with E-state index >= 15 is 0 Å². The van der Waals surface area contributed by atoms with Crippen LogP contribution in [0.1, 0.15) is 38.5 Å². The highest BCUT2D eigenvalue weighted by molar-refractivity contribution is 5.61. The molecule has 2 aromatic rings. The van der Waals surface area contributed by atoms with E-state index in [1.807, 2.05) is 0 Å². The van der Waals surface area contributed by atoms with Crippen LogP contribution in [0.5, 0.6) is 0 Å². The molecule has 2 nitrogen and oxygen atoms in total. The van der Waals surface area contributed by atoms with Gasteiger partial charge in [0.05, 0.1) is 5.69 Å². The van der Waals surface area contributed by atoms with Crippen LogP contribution >= 0.6 is 0 Å². The van der Waals surface area contributed by atoms with E-state index < -0.39 is 0 Å². The molecule has 4 aliphatic carbocycles. The molecular weight excluding hydrogens is 419 g/mol. The second-order valence-corrected chi connectivity index (χ2v) is 8.50. The fourth-order valence-electron chi connectivity index (χ4n) is 6.14. The molecule has 0 spiro atoms. The quantitative estimate of drug-likeness (QED) is 0.514. The van der Waals surface area contributed by atoms with Gasteiger partial charge < -0.3 is 28.9 Å². The first-order valence-corrected chi connectivity index (χ1v) is 9.52. The fourth-order valence-corrected chi connectivity index (χ4v) is 6.14. The molecule has 4 bridgehead atoms. The molecule has 1 heterocycles. The van der Waals surface area contributed by atoms with Crippen LogP contribution in [0, 0.1) is 17.8 Å². The van der Waals surface area contributed by atoms with Crippen LogP contribution in [0.15, 0.2) is 54.9 Å². The van der Waals surface area contributed by atoms with Crippen molar-refractivity contribution in [1.82, 2.24) is 0 Å². The zero-order valence-corrected chi connectivity index (χ0v) is 17.1. The van der Waals surface area contributed by atoms with Crippen LogP contribution in [-0.4, -0.2) is 7.05 Å². The maximum absolute atomic E-state index is 2.57. The Morgan fingerprint density at radius 2 is 1.28 bits per heavy atom. The predicted octanol–water partition coefficient (Wildman–Crippen LogP) is 1.67. The van der Waals surface area contributed by atoms with Crippen molar-refractivity contribution < 1.29 is 28.5 Å². The second kappa shape index (κ2) is 6.57. The summed E-state index contributed by atoms with van der Waals surface area (Å²) in [5.74, 6) is 2.99. The van der Waals surface area contributed by atoms with E-state index in [1.165, 1.54) is 49.9 Å². The summed E-state index contributed by atoms with van der Waals surface area (Å²) in [7, 11) is 2.15. The van der Waals surface area contributed by atoms with Crippen LogP contribution in [0.4, 0.5) is 11.4 Å². The first-order valence-electron chi connectivity index (χ1n) is 9.52. The molecule has 25 heavy (non-hydrogen) atoms. The van der Waals surface area contributed by atoms with E-state index in [0.29, 0.717) is 5.54 Å². The van der Waals surface area contributed by atoms with Gasteiger partial charge in [0.2, 0.25) is 0 Å². The van der Waals surface area contributed by atoms with Gasteiger partial charge in [0.1, 0.15) is 0 Å². The van der Waals surface area contributed by atoms with Gasteiger partial charge >= 0.3 is 0 Å². The highest BCUT2D eigenvalue weighted by Crippen LogP contribution is 2.56. The molecule has 6 rings (SSSR count). The molecule has 0 aliphatic heterocycles. The van der Waals surface area contributed by atoms with Crippen molar-refractivity contribution in [2.45, 2.75) is 44.1 Å². The van der Waals surface area contributed by atoms with Crippen molar-refractivity contribution in [2.75, 3.05) is 11.9 Å². The summed E-state index contributed by atoms with van der Waals surface area (Å²) >= 11 is 0. The Bertz CT molecular complexity index is 690. The lowest BCUT2D eigenvalue weighted by Gasteiger charge is -2.53. The summed E-state index contributed by atoms with van der Waals surface area (Å²) in [6.07, 6.45) is 13.5. The average Bonchev–Trinajstić information content (AvgIpc) is 2.61. The average molecular weight is 446 g/mol. The lowest BCUT2D eigenvalue weighted by Crippen LogP contribution is -3.00. The van der Waals surface area contributed by atoms with Gasteiger partial charge in [-0.1, -0.05) is 18.2 Å². The Labute approximate surface area is 168 Å². The first-order chi connectivity index (χ1) is 11.7. The third-order valence-electron chi connectivity index (χ3n) is 6.90. The molecule has 132 valence electrons. The summed E-state index contributed by atoms with van der Waals surface area (Å²) in [6, 6.07) is 15.2. The van der Waals surface area contributed by atoms with Crippen molar-refractivity contribution in [3.63, 3.8) is 0 Å². The van der Waals surface area contributed by atoms with Gasteiger partial charge in [-0.15, -0.1) is 0 Å². The smallest absolute Gasteiger partial charge is 0.171 e. The summed E-state index contributed by atoms with van der Waals surface area (Å²) in [4.78, 5) is 2.27. The highest BCUT2D eigenvalue weighted by Gasteiger charge is 2.56. The molecule has 3 heteroatoms. The minimum Gasteiger partial charge on any atom is -1.00 e. The summed E-state index contributed by atoms with van der Waals surface area (Å²) in [5.41, 5.74) is 2.94. The van der Waals surface area contributed by atoms with E-state index in [-0.39, 0.29) is 24.0 Å². The minimum absolute atomic E-state index is 0. The van der Waals surface area contributed by atoms with Crippen LogP contribution in [-0.2, 0) is 5.54 Å². The number of aromatic nitrogens is 1. The maximum Gasteiger partial charge on any atom is 0.171 e. The largest absolute Gasteiger partial charge is 1.00 e. The molecule has 0 unspecified atom stereocenters. The minimum atomic E-state index is 0. The molecule has 0 atom stereocenters. The molecule has 0 N–H and O–H groups in total. The zero-order valence-electron chi connectivity index (χ0n) is 14.9. The number of hydrogen-bond donors (Lipinski definition) is 0. The van der Waals surface area contributed by atoms with Crippen LogP contribution < -0.4 is 33.4 Å². The molecular formula is C22H27IN2. The summed E-state index contributed by atoms with van der Waals surface area (Å²) < 4.78 is 2.57. The number of benzene rings is 1. The third-order valence-corrected chi connectivity index (χ3v) is 6.90. The third kappa shape index (κ3) is 2.98. The molecule has 0 saturated heterocycles. The van der Waals surface area contributed by atoms with Crippen LogP contribution in [0.25, 0.3) is 0 Å². The number of halogens is 1. The van der Waals surface area contributed by atoms with Crippen molar-refractivity contribution in [1.29, 1.82) is 0 Å². The number of pyridine rings is 1. The Morgan fingerprint density at radius 1 is 0.800 bits per heavy atom. The molecule has 4 saturated carbocycles. The molecule has 1 aromatic carbocycles. The molecule has 0 radical (unpaired) electrons. The van der Waals surface area contributed by atoms with E-state index in [4.69, 9.17) is 0 Å². The predicted molar refractivity (Wildman–Crippen MR) is 97.3 cm³/mol. The lowest BCUT2D eigenvalue weighted by molar-refractivity contribution is -0.776. The van der Waals surface area contributed by atoms with Gasteiger partial charge in [0.25, 0.3) is 0 Å². The fraction of sp³-hybridized carbons (Fsp3) is 0.500. The van der Waals surface area contributed by atoms with E-state index in [9.17, 15) is 0 Å². The zero-order chi connectivity index (χ0) is 16.1. The van der Waals surface area contributed by atoms with Crippen molar-refractivity contribution in [2.24, 2.45) is 17.8 Å². The van der Waals surface area contributed by atoms with E-state index in [2.05, 4.69) is 71.4 Å². The summed E-state index contributed by atoms with van der Waals surface area (Å²) in [5, 5.41) is 0. The number of hydrogen-bond acceptors (Lipinski definition) is 1. The molecule has 4 aliphatic rings. The van der Waals surface area contributed by atoms with Crippen LogP contribution in [0.2, 0.25) is 0 Å².